The zero-order chi connectivity index (χ0) is 18.8. The summed E-state index contributed by atoms with van der Waals surface area (Å²) in [5, 5.41) is 7.37. The lowest BCUT2D eigenvalue weighted by Gasteiger charge is -2.62. The Balaban J connectivity index is 0.00000120. The second kappa shape index (κ2) is 7.65. The Morgan fingerprint density at radius 3 is 2.79 bits per heavy atom. The number of amides is 1. The summed E-state index contributed by atoms with van der Waals surface area (Å²) in [4.78, 5) is 24.3. The van der Waals surface area contributed by atoms with Crippen LogP contribution in [0.15, 0.2) is 35.2 Å². The molecule has 0 spiro atoms. The number of hydrogen-bond donors (Lipinski definition) is 3. The number of nitrogens with one attached hydrogen (secondary N) is 3. The van der Waals surface area contributed by atoms with Crippen molar-refractivity contribution in [2.75, 3.05) is 0 Å². The average molecular weight is 436 g/mol. The number of hydrogen-bond acceptors (Lipinski definition) is 4. The zero-order valence-corrected chi connectivity index (χ0v) is 18.4. The van der Waals surface area contributed by atoms with Crippen LogP contribution in [0.4, 0.5) is 0 Å². The average Bonchev–Trinajstić information content (AvgIpc) is 3.20. The molecule has 3 N–H and O–H groups in total. The van der Waals surface area contributed by atoms with Crippen LogP contribution in [0, 0.1) is 23.2 Å². The van der Waals surface area contributed by atoms with Gasteiger partial charge in [0.1, 0.15) is 11.3 Å². The normalized spacial score (nSPS) is 30.7. The Bertz CT molecular complexity index is 996. The van der Waals surface area contributed by atoms with Gasteiger partial charge in [-0.25, -0.2) is 9.98 Å². The predicted molar refractivity (Wildman–Crippen MR) is 120 cm³/mol. The second-order valence-corrected chi connectivity index (χ2v) is 8.79. The molecule has 0 radical (unpaired) electrons. The van der Waals surface area contributed by atoms with Crippen LogP contribution >= 0.6 is 24.8 Å². The molecule has 2 aromatic rings. The number of aromatic amines is 1. The molecule has 1 unspecified atom stereocenters. The first-order valence-corrected chi connectivity index (χ1v) is 9.74. The maximum Gasteiger partial charge on any atom is 0.276 e. The van der Waals surface area contributed by atoms with E-state index in [1.165, 1.54) is 6.42 Å². The summed E-state index contributed by atoms with van der Waals surface area (Å²) in [6.07, 6.45) is 7.90. The summed E-state index contributed by atoms with van der Waals surface area (Å²) >= 11 is 0. The molecule has 3 saturated carbocycles. The minimum absolute atomic E-state index is 0. The van der Waals surface area contributed by atoms with Crippen LogP contribution in [-0.4, -0.2) is 27.9 Å². The largest absolute Gasteiger partial charge is 0.353 e. The van der Waals surface area contributed by atoms with Gasteiger partial charge in [0.15, 0.2) is 0 Å². The third-order valence-electron chi connectivity index (χ3n) is 7.15. The lowest BCUT2D eigenvalue weighted by atomic mass is 9.45. The number of aromatic nitrogens is 2. The van der Waals surface area contributed by atoms with E-state index in [4.69, 9.17) is 0 Å². The first-order chi connectivity index (χ1) is 12.9. The van der Waals surface area contributed by atoms with E-state index in [-0.39, 0.29) is 30.7 Å². The van der Waals surface area contributed by atoms with Crippen LogP contribution in [0.2, 0.25) is 0 Å². The number of carbonyl (C=O) groups is 1. The molecule has 3 fully saturated rings. The van der Waals surface area contributed by atoms with Gasteiger partial charge in [0.25, 0.3) is 5.91 Å². The van der Waals surface area contributed by atoms with Crippen molar-refractivity contribution < 1.29 is 4.79 Å². The molecule has 29 heavy (non-hydrogen) atoms. The summed E-state index contributed by atoms with van der Waals surface area (Å²) in [5.74, 6) is 2.52. The highest BCUT2D eigenvalue weighted by molar-refractivity contribution is 6.14. The summed E-state index contributed by atoms with van der Waals surface area (Å²) in [6.45, 7) is 7.11. The van der Waals surface area contributed by atoms with Gasteiger partial charge in [0, 0.05) is 29.4 Å². The van der Waals surface area contributed by atoms with Gasteiger partial charge in [-0.2, -0.15) is 0 Å². The number of pyridine rings is 1. The highest BCUT2D eigenvalue weighted by Gasteiger charge is 2.56. The lowest BCUT2D eigenvalue weighted by molar-refractivity contribution is -0.116. The van der Waals surface area contributed by atoms with E-state index in [0.717, 1.165) is 34.9 Å². The highest BCUT2D eigenvalue weighted by atomic mass is 35.5. The van der Waals surface area contributed by atoms with Gasteiger partial charge in [-0.15, -0.1) is 24.8 Å². The summed E-state index contributed by atoms with van der Waals surface area (Å²) < 4.78 is 0. The van der Waals surface area contributed by atoms with E-state index in [1.807, 2.05) is 24.4 Å². The quantitative estimate of drug-likeness (QED) is 0.625. The van der Waals surface area contributed by atoms with Gasteiger partial charge >= 0.3 is 0 Å². The third kappa shape index (κ3) is 3.42. The Morgan fingerprint density at radius 2 is 2.07 bits per heavy atom. The maximum absolute atomic E-state index is 12.4. The van der Waals surface area contributed by atoms with Crippen LogP contribution in [0.1, 0.15) is 39.2 Å². The maximum atomic E-state index is 12.4. The van der Waals surface area contributed by atoms with Gasteiger partial charge in [-0.1, -0.05) is 20.8 Å². The van der Waals surface area contributed by atoms with E-state index in [0.29, 0.717) is 29.0 Å². The number of guanidine groups is 1. The standard InChI is InChI=1S/C21H25N5O.2ClH/c1-11-15-8-13(21(15,2)3)9-16(11)24-20-25-17(19(27)26-20)7-12-10-23-18-14(12)5-4-6-22-18;;/h4-7,10-11,13,15-16H,8-9H2,1-3H3,(H,22,23)(H2,24,25,26,27);2*1H/t11-,13?,15-,16-;;/m1../s1. The molecule has 3 aliphatic carbocycles. The Morgan fingerprint density at radius 1 is 1.28 bits per heavy atom. The number of nitrogens with zero attached hydrogens (tertiary/aromatic N) is 2. The Hall–Kier alpha value is -2.05. The smallest absolute Gasteiger partial charge is 0.276 e. The minimum atomic E-state index is -0.162. The predicted octanol–water partition coefficient (Wildman–Crippen LogP) is 3.89. The number of rotatable bonds is 2. The van der Waals surface area contributed by atoms with Crippen LogP contribution in [0.25, 0.3) is 17.1 Å². The fourth-order valence-electron chi connectivity index (χ4n) is 5.30. The fraction of sp³-hybridized carbons (Fsp3) is 0.476. The Labute approximate surface area is 182 Å². The van der Waals surface area contributed by atoms with Crippen molar-refractivity contribution in [3.05, 3.63) is 35.8 Å². The van der Waals surface area contributed by atoms with E-state index < -0.39 is 0 Å². The van der Waals surface area contributed by atoms with Crippen LogP contribution in [0.5, 0.6) is 0 Å². The monoisotopic (exact) mass is 435 g/mol. The molecule has 8 heteroatoms. The van der Waals surface area contributed by atoms with Crippen molar-refractivity contribution in [1.29, 1.82) is 0 Å². The van der Waals surface area contributed by atoms with Crippen LogP contribution in [-0.2, 0) is 4.79 Å². The molecule has 1 aliphatic heterocycles. The van der Waals surface area contributed by atoms with Crippen molar-refractivity contribution in [2.45, 2.75) is 39.7 Å². The first-order valence-electron chi connectivity index (χ1n) is 9.74. The molecule has 2 aromatic heterocycles. The van der Waals surface area contributed by atoms with Crippen LogP contribution in [0.3, 0.4) is 0 Å². The second-order valence-electron chi connectivity index (χ2n) is 8.79. The Kier molecular flexibility index (Phi) is 5.71. The molecule has 0 aromatic carbocycles. The SMILES string of the molecule is C[C@@H]1[C@H]2CC(C[C@H]1NC1=NC(=Cc3c[nH]c4ncccc34)C(=O)N1)C2(C)C.Cl.Cl. The van der Waals surface area contributed by atoms with Crippen molar-refractivity contribution >= 4 is 53.8 Å². The van der Waals surface area contributed by atoms with Gasteiger partial charge < -0.3 is 10.3 Å². The first kappa shape index (κ1) is 21.7. The van der Waals surface area contributed by atoms with Crippen LogP contribution < -0.4 is 10.6 Å². The van der Waals surface area contributed by atoms with Crippen molar-refractivity contribution in [2.24, 2.45) is 28.2 Å². The molecular formula is C21H27Cl2N5O. The summed E-state index contributed by atoms with van der Waals surface area (Å²) in [6, 6.07) is 4.25. The van der Waals surface area contributed by atoms with Crippen molar-refractivity contribution in [3.8, 4) is 0 Å². The molecule has 6 rings (SSSR count). The van der Waals surface area contributed by atoms with E-state index in [1.54, 1.807) is 6.20 Å². The number of aliphatic imine (C=N–C) groups is 1. The van der Waals surface area contributed by atoms with Gasteiger partial charge in [-0.3, -0.25) is 10.1 Å². The minimum Gasteiger partial charge on any atom is -0.353 e. The number of H-pyrrole nitrogens is 1. The summed E-state index contributed by atoms with van der Waals surface area (Å²) in [5.41, 5.74) is 2.61. The van der Waals surface area contributed by atoms with E-state index in [2.05, 4.69) is 46.4 Å². The molecule has 2 bridgehead atoms. The van der Waals surface area contributed by atoms with Gasteiger partial charge in [-0.05, 0) is 54.2 Å². The fourth-order valence-corrected chi connectivity index (χ4v) is 5.30. The number of carbonyl (C=O) groups excluding carboxylic acids is 1. The van der Waals surface area contributed by atoms with Gasteiger partial charge in [0.05, 0.1) is 0 Å². The highest BCUT2D eigenvalue weighted by Crippen LogP contribution is 2.61. The van der Waals surface area contributed by atoms with E-state index in [9.17, 15) is 4.79 Å². The molecule has 3 heterocycles. The molecule has 156 valence electrons. The molecule has 0 saturated heterocycles. The molecule has 4 atom stereocenters. The molecular weight excluding hydrogens is 409 g/mol. The molecule has 6 nitrogen and oxygen atoms in total. The third-order valence-corrected chi connectivity index (χ3v) is 7.15. The van der Waals surface area contributed by atoms with Crippen molar-refractivity contribution in [1.82, 2.24) is 20.6 Å². The summed E-state index contributed by atoms with van der Waals surface area (Å²) in [7, 11) is 0. The van der Waals surface area contributed by atoms with Gasteiger partial charge in [0.2, 0.25) is 5.96 Å². The van der Waals surface area contributed by atoms with Crippen molar-refractivity contribution in [3.63, 3.8) is 0 Å². The molecule has 1 amide bonds. The zero-order valence-electron chi connectivity index (χ0n) is 16.7. The number of halogens is 2. The number of fused-ring (bicyclic) bond motifs is 3. The lowest BCUT2D eigenvalue weighted by Crippen LogP contribution is -2.61. The van der Waals surface area contributed by atoms with E-state index >= 15 is 0 Å². The molecule has 4 aliphatic rings. The topological polar surface area (TPSA) is 82.2 Å².